The van der Waals surface area contributed by atoms with Crippen molar-refractivity contribution in [1.29, 1.82) is 0 Å². The highest BCUT2D eigenvalue weighted by molar-refractivity contribution is 6.01. The Labute approximate surface area is 207 Å². The van der Waals surface area contributed by atoms with Crippen molar-refractivity contribution in [1.82, 2.24) is 20.1 Å². The highest BCUT2D eigenvalue weighted by Gasteiger charge is 2.30. The summed E-state index contributed by atoms with van der Waals surface area (Å²) in [6, 6.07) is 8.58. The van der Waals surface area contributed by atoms with Gasteiger partial charge in [-0.3, -0.25) is 14.3 Å². The molecule has 4 N–H and O–H groups in total. The number of aromatic nitrogens is 3. The number of para-hydroxylation sites is 1. The number of carbonyl (C=O) groups excluding carboxylic acids is 2. The van der Waals surface area contributed by atoms with E-state index in [-0.39, 0.29) is 28.9 Å². The van der Waals surface area contributed by atoms with E-state index in [0.29, 0.717) is 29.2 Å². The third kappa shape index (κ3) is 5.78. The summed E-state index contributed by atoms with van der Waals surface area (Å²) < 4.78 is 29.5. The molecule has 10 heteroatoms. The molecular weight excluding hydrogens is 448 g/mol. The van der Waals surface area contributed by atoms with E-state index in [0.717, 1.165) is 12.8 Å². The zero-order valence-corrected chi connectivity index (χ0v) is 19.8. The number of rotatable bonds is 9. The molecule has 1 saturated carbocycles. The Bertz CT molecular complexity index is 1350. The molecule has 35 heavy (non-hydrogen) atoms. The number of hydrogen-bond acceptors (Lipinski definition) is 7. The highest BCUT2D eigenvalue weighted by atomic mass is 16.5. The summed E-state index contributed by atoms with van der Waals surface area (Å²) >= 11 is 0. The Morgan fingerprint density at radius 2 is 2.09 bits per heavy atom. The van der Waals surface area contributed by atoms with E-state index >= 15 is 0 Å². The van der Waals surface area contributed by atoms with Crippen molar-refractivity contribution >= 4 is 29.0 Å². The first-order valence-electron chi connectivity index (χ1n) is 12.7. The van der Waals surface area contributed by atoms with E-state index in [4.69, 9.17) is 8.85 Å². The summed E-state index contributed by atoms with van der Waals surface area (Å²) in [5.74, 6) is -0.441. The first-order valence-corrected chi connectivity index (χ1v) is 11.2. The zero-order valence-electron chi connectivity index (χ0n) is 22.8. The lowest BCUT2D eigenvalue weighted by molar-refractivity contribution is -0.117. The Morgan fingerprint density at radius 3 is 2.77 bits per heavy atom. The smallest absolute Gasteiger partial charge is 0.254 e. The van der Waals surface area contributed by atoms with Gasteiger partial charge in [-0.05, 0) is 44.9 Å². The van der Waals surface area contributed by atoms with Crippen molar-refractivity contribution in [2.75, 3.05) is 24.7 Å². The lowest BCUT2D eigenvalue weighted by Crippen LogP contribution is -2.26. The van der Waals surface area contributed by atoms with Gasteiger partial charge < -0.3 is 25.8 Å². The largest absolute Gasteiger partial charge is 0.494 e. The number of nitrogens with one attached hydrogen (secondary N) is 3. The lowest BCUT2D eigenvalue weighted by atomic mass is 10.1. The van der Waals surface area contributed by atoms with Crippen LogP contribution in [0.1, 0.15) is 41.2 Å². The maximum atomic E-state index is 12.8. The molecule has 1 aliphatic carbocycles. The van der Waals surface area contributed by atoms with Gasteiger partial charge in [-0.1, -0.05) is 6.07 Å². The minimum Gasteiger partial charge on any atom is -0.494 e. The van der Waals surface area contributed by atoms with Crippen LogP contribution in [0, 0.1) is 5.92 Å². The first-order chi connectivity index (χ1) is 17.8. The molecule has 0 spiro atoms. The van der Waals surface area contributed by atoms with Crippen molar-refractivity contribution in [3.63, 3.8) is 0 Å². The van der Waals surface area contributed by atoms with Gasteiger partial charge in [-0.15, -0.1) is 0 Å². The van der Waals surface area contributed by atoms with E-state index in [1.165, 1.54) is 19.4 Å². The molecule has 1 fully saturated rings. The summed E-state index contributed by atoms with van der Waals surface area (Å²) in [7, 11) is 1.49. The molecule has 184 valence electrons. The molecule has 0 atom stereocenters. The number of hydrogen-bond donors (Lipinski definition) is 4. The number of anilines is 3. The second-order valence-electron chi connectivity index (χ2n) is 9.06. The summed E-state index contributed by atoms with van der Waals surface area (Å²) in [6.45, 7) is 0.972. The van der Waals surface area contributed by atoms with Crippen LogP contribution in [0.3, 0.4) is 0 Å². The molecule has 0 radical (unpaired) electrons. The third-order valence-electron chi connectivity index (χ3n) is 5.42. The fourth-order valence-electron chi connectivity index (χ4n) is 3.64. The maximum absolute atomic E-state index is 12.8. The molecule has 0 bridgehead atoms. The number of benzene rings is 1. The molecule has 1 aliphatic rings. The molecule has 10 nitrogen and oxygen atoms in total. The summed E-state index contributed by atoms with van der Waals surface area (Å²) in [6.07, 6.45) is 4.58. The molecule has 3 aromatic rings. The van der Waals surface area contributed by atoms with Gasteiger partial charge in [0.15, 0.2) is 5.75 Å². The third-order valence-corrected chi connectivity index (χ3v) is 5.42. The SMILES string of the molecule is [2H]C([2H])([2H])NC(=O)c1cnc(NC(=O)C2CC2)cc1Nc1cccc(-c2ccn(CC(C)(C)O)n2)c1OC. The molecule has 0 saturated heterocycles. The minimum atomic E-state index is -2.70. The van der Waals surface area contributed by atoms with Gasteiger partial charge in [-0.2, -0.15) is 5.10 Å². The Morgan fingerprint density at radius 1 is 1.29 bits per heavy atom. The number of nitrogens with zero attached hydrogens (tertiary/aromatic N) is 3. The number of aliphatic hydroxyl groups is 1. The van der Waals surface area contributed by atoms with Crippen LogP contribution >= 0.6 is 0 Å². The highest BCUT2D eigenvalue weighted by Crippen LogP contribution is 2.38. The topological polar surface area (TPSA) is 130 Å². The number of methoxy groups -OCH3 is 1. The molecule has 2 amide bonds. The van der Waals surface area contributed by atoms with Gasteiger partial charge in [0, 0.05) is 41.0 Å². The number of carbonyl (C=O) groups is 2. The monoisotopic (exact) mass is 481 g/mol. The van der Waals surface area contributed by atoms with E-state index in [1.807, 2.05) is 11.4 Å². The first kappa shape index (κ1) is 20.5. The van der Waals surface area contributed by atoms with Gasteiger partial charge in [0.05, 0.1) is 41.9 Å². The molecule has 2 heterocycles. The van der Waals surface area contributed by atoms with Crippen LogP contribution in [0.15, 0.2) is 42.7 Å². The molecule has 0 unspecified atom stereocenters. The molecule has 2 aromatic heterocycles. The van der Waals surface area contributed by atoms with E-state index in [2.05, 4.69) is 20.7 Å². The summed E-state index contributed by atoms with van der Waals surface area (Å²) in [5.41, 5.74) is 0.953. The van der Waals surface area contributed by atoms with Crippen molar-refractivity contribution in [3.8, 4) is 17.0 Å². The summed E-state index contributed by atoms with van der Waals surface area (Å²) in [5, 5.41) is 22.5. The maximum Gasteiger partial charge on any atom is 0.254 e. The minimum absolute atomic E-state index is 0.0348. The molecule has 4 rings (SSSR count). The fourth-order valence-corrected chi connectivity index (χ4v) is 3.64. The van der Waals surface area contributed by atoms with Gasteiger partial charge in [-0.25, -0.2) is 4.98 Å². The molecule has 0 aliphatic heterocycles. The van der Waals surface area contributed by atoms with Crippen LogP contribution in [0.4, 0.5) is 17.2 Å². The van der Waals surface area contributed by atoms with Crippen LogP contribution in [0.2, 0.25) is 0 Å². The summed E-state index contributed by atoms with van der Waals surface area (Å²) in [4.78, 5) is 29.2. The van der Waals surface area contributed by atoms with E-state index < -0.39 is 18.5 Å². The average molecular weight is 482 g/mol. The lowest BCUT2D eigenvalue weighted by Gasteiger charge is -2.17. The normalized spacial score (nSPS) is 14.9. The zero-order chi connectivity index (χ0) is 27.7. The fraction of sp³-hybridized carbons (Fsp3) is 0.360. The second-order valence-corrected chi connectivity index (χ2v) is 9.06. The Balaban J connectivity index is 1.70. The van der Waals surface area contributed by atoms with Gasteiger partial charge in [0.2, 0.25) is 5.91 Å². The van der Waals surface area contributed by atoms with Gasteiger partial charge in [0.1, 0.15) is 5.82 Å². The average Bonchev–Trinajstić information content (AvgIpc) is 3.57. The van der Waals surface area contributed by atoms with Crippen molar-refractivity contribution in [3.05, 3.63) is 48.3 Å². The van der Waals surface area contributed by atoms with Crippen molar-refractivity contribution in [2.24, 2.45) is 5.92 Å². The predicted molar refractivity (Wildman–Crippen MR) is 133 cm³/mol. The van der Waals surface area contributed by atoms with Crippen LogP contribution in [-0.4, -0.2) is 51.4 Å². The Hall–Kier alpha value is -3.92. The number of ether oxygens (including phenoxy) is 1. The van der Waals surface area contributed by atoms with Crippen molar-refractivity contribution in [2.45, 2.75) is 38.8 Å². The van der Waals surface area contributed by atoms with Crippen LogP contribution in [0.5, 0.6) is 5.75 Å². The quantitative estimate of drug-likeness (QED) is 0.369. The second kappa shape index (κ2) is 9.75. The van der Waals surface area contributed by atoms with Crippen molar-refractivity contribution < 1.29 is 23.5 Å². The molecular formula is C25H30N6O4. The van der Waals surface area contributed by atoms with Crippen LogP contribution < -0.4 is 20.7 Å². The van der Waals surface area contributed by atoms with Crippen LogP contribution in [-0.2, 0) is 11.3 Å². The van der Waals surface area contributed by atoms with Gasteiger partial charge >= 0.3 is 0 Å². The predicted octanol–water partition coefficient (Wildman–Crippen LogP) is 3.18. The standard InChI is InChI=1S/C25H30N6O4/c1-25(2,34)14-31-11-10-18(30-31)16-6-5-7-19(22(16)35-4)28-20-12-21(29-23(32)15-8-9-15)27-13-17(20)24(33)26-3/h5-7,10-13,15,34H,8-9,14H2,1-4H3,(H,26,33)(H2,27,28,29,32)/i3D3. The Kier molecular flexibility index (Phi) is 5.70. The molecule has 1 aromatic carbocycles. The number of amides is 2. The van der Waals surface area contributed by atoms with Gasteiger partial charge in [0.25, 0.3) is 5.91 Å². The number of pyridine rings is 1. The van der Waals surface area contributed by atoms with E-state index in [9.17, 15) is 14.7 Å². The van der Waals surface area contributed by atoms with E-state index in [1.54, 1.807) is 42.9 Å². The van der Waals surface area contributed by atoms with Crippen LogP contribution in [0.25, 0.3) is 11.3 Å².